The first-order valence-corrected chi connectivity index (χ1v) is 8.41. The molecular formula is C20H22O6. The van der Waals surface area contributed by atoms with Crippen LogP contribution >= 0.6 is 0 Å². The van der Waals surface area contributed by atoms with Gasteiger partial charge in [0.15, 0.2) is 5.78 Å². The molecule has 0 saturated heterocycles. The minimum absolute atomic E-state index is 0.0614. The van der Waals surface area contributed by atoms with E-state index < -0.39 is 17.8 Å². The molecule has 0 bridgehead atoms. The molecule has 138 valence electrons. The summed E-state index contributed by atoms with van der Waals surface area (Å²) >= 11 is 0. The highest BCUT2D eigenvalue weighted by Crippen LogP contribution is 2.41. The summed E-state index contributed by atoms with van der Waals surface area (Å²) in [5.41, 5.74) is -0.0200. The van der Waals surface area contributed by atoms with Gasteiger partial charge in [-0.2, -0.15) is 0 Å². The van der Waals surface area contributed by atoms with Crippen molar-refractivity contribution in [2.24, 2.45) is 0 Å². The Morgan fingerprint density at radius 3 is 2.42 bits per heavy atom. The van der Waals surface area contributed by atoms with Gasteiger partial charge >= 0.3 is 0 Å². The molecule has 6 heteroatoms. The van der Waals surface area contributed by atoms with Gasteiger partial charge in [0.2, 0.25) is 0 Å². The van der Waals surface area contributed by atoms with Crippen LogP contribution in [0.25, 0.3) is 0 Å². The Balaban J connectivity index is 1.99. The molecule has 2 atom stereocenters. The lowest BCUT2D eigenvalue weighted by Crippen LogP contribution is -2.37. The summed E-state index contributed by atoms with van der Waals surface area (Å²) in [4.78, 5) is 12.6. The number of carbonyl (C=O) groups is 1. The van der Waals surface area contributed by atoms with Crippen LogP contribution in [0.4, 0.5) is 0 Å². The second-order valence-corrected chi connectivity index (χ2v) is 7.14. The SMILES string of the molecule is CC(C)(O)[C@H](O)Cc1c(O)ccc2c1O[C@H](c1ccc(O)cc1)CC2=O. The summed E-state index contributed by atoms with van der Waals surface area (Å²) in [6.45, 7) is 2.94. The molecule has 2 aromatic rings. The monoisotopic (exact) mass is 358 g/mol. The van der Waals surface area contributed by atoms with Crippen LogP contribution in [0.15, 0.2) is 36.4 Å². The second kappa shape index (κ2) is 6.63. The van der Waals surface area contributed by atoms with Gasteiger partial charge in [0.1, 0.15) is 23.4 Å². The molecule has 0 fully saturated rings. The van der Waals surface area contributed by atoms with E-state index in [0.717, 1.165) is 5.56 Å². The van der Waals surface area contributed by atoms with E-state index in [-0.39, 0.29) is 41.4 Å². The van der Waals surface area contributed by atoms with Gasteiger partial charge in [0.25, 0.3) is 0 Å². The van der Waals surface area contributed by atoms with Gasteiger partial charge in [-0.15, -0.1) is 0 Å². The number of rotatable bonds is 4. The molecular weight excluding hydrogens is 336 g/mol. The first kappa shape index (κ1) is 18.2. The maximum atomic E-state index is 12.6. The minimum Gasteiger partial charge on any atom is -0.508 e. The number of ether oxygens (including phenoxy) is 1. The normalized spacial score (nSPS) is 18.2. The molecule has 0 radical (unpaired) electrons. The topological polar surface area (TPSA) is 107 Å². The lowest BCUT2D eigenvalue weighted by Gasteiger charge is -2.30. The fourth-order valence-electron chi connectivity index (χ4n) is 2.95. The van der Waals surface area contributed by atoms with Gasteiger partial charge in [-0.05, 0) is 43.7 Å². The average molecular weight is 358 g/mol. The van der Waals surface area contributed by atoms with E-state index >= 15 is 0 Å². The van der Waals surface area contributed by atoms with Crippen LogP contribution in [0.3, 0.4) is 0 Å². The highest BCUT2D eigenvalue weighted by atomic mass is 16.5. The predicted molar refractivity (Wildman–Crippen MR) is 94.5 cm³/mol. The van der Waals surface area contributed by atoms with Crippen molar-refractivity contribution in [3.8, 4) is 17.2 Å². The molecule has 1 aliphatic heterocycles. The number of phenols is 2. The number of ketones is 1. The van der Waals surface area contributed by atoms with Crippen LogP contribution in [0, 0.1) is 0 Å². The smallest absolute Gasteiger partial charge is 0.170 e. The molecule has 0 saturated carbocycles. The molecule has 1 aliphatic rings. The maximum Gasteiger partial charge on any atom is 0.170 e. The van der Waals surface area contributed by atoms with E-state index in [9.17, 15) is 25.2 Å². The highest BCUT2D eigenvalue weighted by molar-refractivity contribution is 6.00. The number of carbonyl (C=O) groups excluding carboxylic acids is 1. The third kappa shape index (κ3) is 3.52. The first-order chi connectivity index (χ1) is 12.2. The molecule has 3 rings (SSSR count). The molecule has 0 amide bonds. The first-order valence-electron chi connectivity index (χ1n) is 8.41. The quantitative estimate of drug-likeness (QED) is 0.669. The van der Waals surface area contributed by atoms with Gasteiger partial charge in [-0.25, -0.2) is 0 Å². The number of aliphatic hydroxyl groups is 2. The Bertz CT molecular complexity index is 819. The Morgan fingerprint density at radius 1 is 1.15 bits per heavy atom. The average Bonchev–Trinajstić information content (AvgIpc) is 2.57. The van der Waals surface area contributed by atoms with Crippen molar-refractivity contribution in [1.29, 1.82) is 0 Å². The van der Waals surface area contributed by atoms with E-state index in [4.69, 9.17) is 4.74 Å². The Labute approximate surface area is 151 Å². The summed E-state index contributed by atoms with van der Waals surface area (Å²) in [5.74, 6) is 0.0973. The number of benzene rings is 2. The number of phenolic OH excluding ortho intramolecular Hbond substituents is 2. The van der Waals surface area contributed by atoms with E-state index in [1.807, 2.05) is 0 Å². The molecule has 0 aromatic heterocycles. The van der Waals surface area contributed by atoms with Crippen LogP contribution in [0.1, 0.15) is 47.9 Å². The lowest BCUT2D eigenvalue weighted by molar-refractivity contribution is -0.0474. The van der Waals surface area contributed by atoms with Crippen molar-refractivity contribution in [1.82, 2.24) is 0 Å². The van der Waals surface area contributed by atoms with E-state index in [1.54, 1.807) is 12.1 Å². The van der Waals surface area contributed by atoms with Gasteiger partial charge in [-0.3, -0.25) is 4.79 Å². The van der Waals surface area contributed by atoms with Gasteiger partial charge in [-0.1, -0.05) is 12.1 Å². The van der Waals surface area contributed by atoms with Crippen molar-refractivity contribution in [2.45, 2.75) is 44.5 Å². The zero-order valence-corrected chi connectivity index (χ0v) is 14.6. The molecule has 6 nitrogen and oxygen atoms in total. The Hall–Kier alpha value is -2.57. The lowest BCUT2D eigenvalue weighted by atomic mass is 9.90. The predicted octanol–water partition coefficient (Wildman–Crippen LogP) is 2.48. The number of hydrogen-bond acceptors (Lipinski definition) is 6. The van der Waals surface area contributed by atoms with Gasteiger partial charge in [0, 0.05) is 12.0 Å². The number of aromatic hydroxyl groups is 2. The molecule has 0 aliphatic carbocycles. The molecule has 26 heavy (non-hydrogen) atoms. The van der Waals surface area contributed by atoms with Crippen LogP contribution in [-0.2, 0) is 6.42 Å². The van der Waals surface area contributed by atoms with Crippen molar-refractivity contribution in [3.05, 3.63) is 53.1 Å². The van der Waals surface area contributed by atoms with E-state index in [1.165, 1.54) is 38.1 Å². The fraction of sp³-hybridized carbons (Fsp3) is 0.350. The molecule has 0 spiro atoms. The second-order valence-electron chi connectivity index (χ2n) is 7.14. The third-order valence-electron chi connectivity index (χ3n) is 4.64. The highest BCUT2D eigenvalue weighted by Gasteiger charge is 2.33. The summed E-state index contributed by atoms with van der Waals surface area (Å²) < 4.78 is 6.00. The van der Waals surface area contributed by atoms with E-state index in [0.29, 0.717) is 5.56 Å². The summed E-state index contributed by atoms with van der Waals surface area (Å²) in [7, 11) is 0. The van der Waals surface area contributed by atoms with Crippen molar-refractivity contribution in [3.63, 3.8) is 0 Å². The molecule has 1 heterocycles. The van der Waals surface area contributed by atoms with Crippen molar-refractivity contribution >= 4 is 5.78 Å². The largest absolute Gasteiger partial charge is 0.508 e. The van der Waals surface area contributed by atoms with Crippen molar-refractivity contribution < 1.29 is 30.0 Å². The molecule has 4 N–H and O–H groups in total. The van der Waals surface area contributed by atoms with Crippen LogP contribution in [0.2, 0.25) is 0 Å². The summed E-state index contributed by atoms with van der Waals surface area (Å²) in [6, 6.07) is 9.27. The zero-order chi connectivity index (χ0) is 19.1. The number of aliphatic hydroxyl groups excluding tert-OH is 1. The van der Waals surface area contributed by atoms with Crippen LogP contribution in [0.5, 0.6) is 17.2 Å². The fourth-order valence-corrected chi connectivity index (χ4v) is 2.95. The summed E-state index contributed by atoms with van der Waals surface area (Å²) in [5, 5.41) is 39.9. The molecule has 2 aromatic carbocycles. The van der Waals surface area contributed by atoms with Crippen molar-refractivity contribution in [2.75, 3.05) is 0 Å². The summed E-state index contributed by atoms with van der Waals surface area (Å²) in [6.07, 6.45) is -1.63. The molecule has 0 unspecified atom stereocenters. The Kier molecular flexibility index (Phi) is 4.64. The van der Waals surface area contributed by atoms with Crippen LogP contribution in [-0.4, -0.2) is 37.9 Å². The third-order valence-corrected chi connectivity index (χ3v) is 4.64. The standard InChI is InChI=1S/C20H22O6/c1-20(2,25)18(24)9-14-15(22)8-7-13-16(23)10-17(26-19(13)14)11-3-5-12(21)6-4-11/h3-8,17-18,21-22,24-25H,9-10H2,1-2H3/t17-,18+/m0/s1. The minimum atomic E-state index is -1.37. The van der Waals surface area contributed by atoms with E-state index in [2.05, 4.69) is 0 Å². The number of fused-ring (bicyclic) bond motifs is 1. The number of hydrogen-bond donors (Lipinski definition) is 4. The number of Topliss-reactive ketones (excluding diaryl/α,β-unsaturated/α-hetero) is 1. The van der Waals surface area contributed by atoms with Gasteiger partial charge < -0.3 is 25.2 Å². The zero-order valence-electron chi connectivity index (χ0n) is 14.6. The van der Waals surface area contributed by atoms with Crippen LogP contribution < -0.4 is 4.74 Å². The van der Waals surface area contributed by atoms with Gasteiger partial charge in [0.05, 0.1) is 23.7 Å². The Morgan fingerprint density at radius 2 is 1.81 bits per heavy atom. The maximum absolute atomic E-state index is 12.6.